The second kappa shape index (κ2) is 7.33. The molecule has 0 aliphatic heterocycles. The van der Waals surface area contributed by atoms with Gasteiger partial charge in [-0.05, 0) is 30.7 Å². The Labute approximate surface area is 123 Å². The highest BCUT2D eigenvalue weighted by atomic mass is 16.5. The average molecular weight is 286 g/mol. The van der Waals surface area contributed by atoms with E-state index in [1.807, 2.05) is 49.4 Å². The first-order valence-corrected chi connectivity index (χ1v) is 6.86. The molecule has 4 nitrogen and oxygen atoms in total. The van der Waals surface area contributed by atoms with Crippen molar-refractivity contribution in [1.29, 1.82) is 0 Å². The van der Waals surface area contributed by atoms with Gasteiger partial charge in [-0.15, -0.1) is 0 Å². The van der Waals surface area contributed by atoms with Crippen LogP contribution in [0.3, 0.4) is 0 Å². The minimum atomic E-state index is -0.995. The van der Waals surface area contributed by atoms with E-state index in [0.717, 1.165) is 5.56 Å². The van der Waals surface area contributed by atoms with E-state index in [9.17, 15) is 9.90 Å². The van der Waals surface area contributed by atoms with Crippen LogP contribution in [0.4, 0.5) is 0 Å². The average Bonchev–Trinajstić information content (AvgIpc) is 2.49. The molecule has 0 unspecified atom stereocenters. The standard InChI is InChI=1S/C17H18O4/c1-2-20-15-11-7-6-8-13(15)12-16(17(18)19)21-14-9-4-3-5-10-14/h3-11,16H,2,12H2,1H3,(H,18,19)/t16-/m1/s1. The molecule has 0 aromatic heterocycles. The molecule has 110 valence electrons. The number of carboxylic acid groups (broad SMARTS) is 1. The second-order valence-corrected chi connectivity index (χ2v) is 4.50. The number of aliphatic carboxylic acids is 1. The monoisotopic (exact) mass is 286 g/mol. The lowest BCUT2D eigenvalue weighted by Gasteiger charge is -2.17. The largest absolute Gasteiger partial charge is 0.494 e. The molecule has 0 amide bonds. The zero-order valence-electron chi connectivity index (χ0n) is 11.9. The summed E-state index contributed by atoms with van der Waals surface area (Å²) in [6.45, 7) is 2.43. The van der Waals surface area contributed by atoms with Gasteiger partial charge in [-0.2, -0.15) is 0 Å². The fourth-order valence-electron chi connectivity index (χ4n) is 2.01. The van der Waals surface area contributed by atoms with E-state index in [0.29, 0.717) is 18.1 Å². The summed E-state index contributed by atoms with van der Waals surface area (Å²) in [5, 5.41) is 9.35. The molecule has 4 heteroatoms. The maximum absolute atomic E-state index is 11.4. The Hall–Kier alpha value is -2.49. The molecule has 0 saturated carbocycles. The molecule has 0 bridgehead atoms. The van der Waals surface area contributed by atoms with Crippen molar-refractivity contribution in [3.63, 3.8) is 0 Å². The van der Waals surface area contributed by atoms with Crippen LogP contribution in [0, 0.1) is 0 Å². The van der Waals surface area contributed by atoms with E-state index in [4.69, 9.17) is 9.47 Å². The molecule has 0 fully saturated rings. The van der Waals surface area contributed by atoms with E-state index in [1.54, 1.807) is 12.1 Å². The number of carbonyl (C=O) groups is 1. The molecule has 0 heterocycles. The summed E-state index contributed by atoms with van der Waals surface area (Å²) in [4.78, 5) is 11.4. The molecule has 2 rings (SSSR count). The van der Waals surface area contributed by atoms with Crippen LogP contribution >= 0.6 is 0 Å². The van der Waals surface area contributed by atoms with Crippen molar-refractivity contribution in [2.24, 2.45) is 0 Å². The first-order valence-electron chi connectivity index (χ1n) is 6.86. The number of para-hydroxylation sites is 2. The summed E-state index contributed by atoms with van der Waals surface area (Å²) in [6.07, 6.45) is -0.700. The van der Waals surface area contributed by atoms with E-state index in [2.05, 4.69) is 0 Å². The lowest BCUT2D eigenvalue weighted by molar-refractivity contribution is -0.145. The van der Waals surface area contributed by atoms with Crippen molar-refractivity contribution in [3.8, 4) is 11.5 Å². The van der Waals surface area contributed by atoms with Gasteiger partial charge in [0.25, 0.3) is 0 Å². The van der Waals surface area contributed by atoms with Crippen LogP contribution in [0.2, 0.25) is 0 Å². The smallest absolute Gasteiger partial charge is 0.345 e. The fraction of sp³-hybridized carbons (Fsp3) is 0.235. The summed E-state index contributed by atoms with van der Waals surface area (Å²) >= 11 is 0. The van der Waals surface area contributed by atoms with Crippen LogP contribution in [0.5, 0.6) is 11.5 Å². The number of carboxylic acids is 1. The van der Waals surface area contributed by atoms with Gasteiger partial charge >= 0.3 is 5.97 Å². The first kappa shape index (κ1) is 14.9. The van der Waals surface area contributed by atoms with Crippen LogP contribution in [0.15, 0.2) is 54.6 Å². The van der Waals surface area contributed by atoms with E-state index >= 15 is 0 Å². The maximum Gasteiger partial charge on any atom is 0.345 e. The molecule has 0 saturated heterocycles. The summed E-state index contributed by atoms with van der Waals surface area (Å²) in [5.41, 5.74) is 0.822. The van der Waals surface area contributed by atoms with Crippen molar-refractivity contribution in [2.45, 2.75) is 19.4 Å². The Balaban J connectivity index is 2.15. The quantitative estimate of drug-likeness (QED) is 0.849. The Kier molecular flexibility index (Phi) is 5.21. The van der Waals surface area contributed by atoms with Crippen LogP contribution in [-0.4, -0.2) is 23.8 Å². The second-order valence-electron chi connectivity index (χ2n) is 4.50. The van der Waals surface area contributed by atoms with Gasteiger partial charge in [0.2, 0.25) is 0 Å². The van der Waals surface area contributed by atoms with E-state index in [-0.39, 0.29) is 6.42 Å². The lowest BCUT2D eigenvalue weighted by Crippen LogP contribution is -2.29. The molecule has 2 aromatic rings. The topological polar surface area (TPSA) is 55.8 Å². The van der Waals surface area contributed by atoms with Crippen molar-refractivity contribution in [3.05, 3.63) is 60.2 Å². The number of benzene rings is 2. The molecule has 0 spiro atoms. The van der Waals surface area contributed by atoms with Gasteiger partial charge < -0.3 is 14.6 Å². The molecular weight excluding hydrogens is 268 g/mol. The number of hydrogen-bond donors (Lipinski definition) is 1. The van der Waals surface area contributed by atoms with Crippen LogP contribution in [0.1, 0.15) is 12.5 Å². The molecule has 0 aliphatic rings. The SMILES string of the molecule is CCOc1ccccc1C[C@@H](Oc1ccccc1)C(=O)O. The predicted molar refractivity (Wildman–Crippen MR) is 79.8 cm³/mol. The number of hydrogen-bond acceptors (Lipinski definition) is 3. The first-order chi connectivity index (χ1) is 10.2. The minimum absolute atomic E-state index is 0.250. The highest BCUT2D eigenvalue weighted by Gasteiger charge is 2.21. The van der Waals surface area contributed by atoms with E-state index in [1.165, 1.54) is 0 Å². The van der Waals surface area contributed by atoms with Gasteiger partial charge in [0, 0.05) is 6.42 Å². The molecule has 0 aliphatic carbocycles. The lowest BCUT2D eigenvalue weighted by atomic mass is 10.1. The summed E-state index contributed by atoms with van der Waals surface area (Å²) < 4.78 is 11.1. The van der Waals surface area contributed by atoms with Gasteiger partial charge in [-0.1, -0.05) is 36.4 Å². The van der Waals surface area contributed by atoms with Crippen molar-refractivity contribution >= 4 is 5.97 Å². The fourth-order valence-corrected chi connectivity index (χ4v) is 2.01. The zero-order valence-corrected chi connectivity index (χ0v) is 11.9. The van der Waals surface area contributed by atoms with Crippen molar-refractivity contribution in [2.75, 3.05) is 6.61 Å². The van der Waals surface area contributed by atoms with Gasteiger partial charge in [-0.3, -0.25) is 0 Å². The van der Waals surface area contributed by atoms with Gasteiger partial charge in [0.05, 0.1) is 6.61 Å². The maximum atomic E-state index is 11.4. The predicted octanol–water partition coefficient (Wildman–Crippen LogP) is 3.16. The zero-order chi connectivity index (χ0) is 15.1. The summed E-state index contributed by atoms with van der Waals surface area (Å²) in [7, 11) is 0. The van der Waals surface area contributed by atoms with Crippen LogP contribution in [-0.2, 0) is 11.2 Å². The van der Waals surface area contributed by atoms with E-state index < -0.39 is 12.1 Å². The van der Waals surface area contributed by atoms with Crippen LogP contribution in [0.25, 0.3) is 0 Å². The molecular formula is C17H18O4. The third-order valence-electron chi connectivity index (χ3n) is 2.97. The molecule has 1 N–H and O–H groups in total. The Morgan fingerprint density at radius 2 is 1.76 bits per heavy atom. The Morgan fingerprint density at radius 1 is 1.10 bits per heavy atom. The summed E-state index contributed by atoms with van der Waals surface area (Å²) in [6, 6.07) is 16.4. The summed E-state index contributed by atoms with van der Waals surface area (Å²) in [5.74, 6) is 0.242. The molecule has 2 aromatic carbocycles. The van der Waals surface area contributed by atoms with Crippen molar-refractivity contribution in [1.82, 2.24) is 0 Å². The van der Waals surface area contributed by atoms with Crippen molar-refractivity contribution < 1.29 is 19.4 Å². The Bertz CT molecular complexity index is 580. The van der Waals surface area contributed by atoms with Gasteiger partial charge in [0.1, 0.15) is 11.5 Å². The van der Waals surface area contributed by atoms with Gasteiger partial charge in [0.15, 0.2) is 6.10 Å². The number of ether oxygens (including phenoxy) is 2. The highest BCUT2D eigenvalue weighted by molar-refractivity contribution is 5.73. The molecule has 21 heavy (non-hydrogen) atoms. The highest BCUT2D eigenvalue weighted by Crippen LogP contribution is 2.21. The normalized spacial score (nSPS) is 11.7. The molecule has 1 atom stereocenters. The minimum Gasteiger partial charge on any atom is -0.494 e. The Morgan fingerprint density at radius 3 is 2.43 bits per heavy atom. The number of rotatable bonds is 7. The molecule has 0 radical (unpaired) electrons. The third-order valence-corrected chi connectivity index (χ3v) is 2.97. The van der Waals surface area contributed by atoms with Gasteiger partial charge in [-0.25, -0.2) is 4.79 Å². The van der Waals surface area contributed by atoms with Crippen LogP contribution < -0.4 is 9.47 Å². The third kappa shape index (κ3) is 4.24.